The number of hydrogen-bond acceptors (Lipinski definition) is 3. The molecule has 0 aromatic rings. The van der Waals surface area contributed by atoms with Gasteiger partial charge in [-0.2, -0.15) is 17.0 Å². The summed E-state index contributed by atoms with van der Waals surface area (Å²) in [6.45, 7) is 0. The van der Waals surface area contributed by atoms with Gasteiger partial charge in [0.2, 0.25) is 5.91 Å². The molecule has 1 aliphatic carbocycles. The molecular weight excluding hydrogens is 184 g/mol. The first kappa shape index (κ1) is 10.4. The second-order valence-corrected chi connectivity index (χ2v) is 4.25. The molecule has 0 spiro atoms. The number of carbonyl (C=O) groups is 1. The number of carbonyl (C=O) groups excluding carboxylic acids is 1. The van der Waals surface area contributed by atoms with Crippen LogP contribution in [0.25, 0.3) is 0 Å². The van der Waals surface area contributed by atoms with Gasteiger partial charge >= 0.3 is 0 Å². The lowest BCUT2D eigenvalue weighted by Crippen LogP contribution is -2.45. The van der Waals surface area contributed by atoms with Crippen molar-refractivity contribution < 1.29 is 4.79 Å². The van der Waals surface area contributed by atoms with E-state index in [2.05, 4.69) is 11.4 Å². The zero-order valence-electron chi connectivity index (χ0n) is 7.80. The summed E-state index contributed by atoms with van der Waals surface area (Å²) in [6.07, 6.45) is 5.60. The van der Waals surface area contributed by atoms with E-state index in [0.29, 0.717) is 5.75 Å². The summed E-state index contributed by atoms with van der Waals surface area (Å²) in [6, 6.07) is 2.23. The number of nitrogens with zero attached hydrogens (tertiary/aromatic N) is 1. The number of rotatable bonds is 3. The van der Waals surface area contributed by atoms with Crippen LogP contribution in [0.4, 0.5) is 0 Å². The van der Waals surface area contributed by atoms with E-state index in [1.807, 2.05) is 6.26 Å². The fourth-order valence-electron chi connectivity index (χ4n) is 1.68. The molecule has 1 aliphatic rings. The van der Waals surface area contributed by atoms with Crippen LogP contribution in [0.1, 0.15) is 25.7 Å². The quantitative estimate of drug-likeness (QED) is 0.743. The van der Waals surface area contributed by atoms with Gasteiger partial charge in [0.05, 0.1) is 11.8 Å². The van der Waals surface area contributed by atoms with Crippen LogP contribution < -0.4 is 5.32 Å². The minimum Gasteiger partial charge on any atom is -0.337 e. The Hall–Kier alpha value is -0.690. The van der Waals surface area contributed by atoms with E-state index < -0.39 is 5.54 Å². The first-order valence-electron chi connectivity index (χ1n) is 4.44. The molecule has 1 saturated carbocycles. The van der Waals surface area contributed by atoms with Crippen LogP contribution in [0.3, 0.4) is 0 Å². The van der Waals surface area contributed by atoms with Crippen molar-refractivity contribution in [3.63, 3.8) is 0 Å². The fourth-order valence-corrected chi connectivity index (χ4v) is 2.01. The Bertz CT molecular complexity index is 228. The summed E-state index contributed by atoms with van der Waals surface area (Å²) < 4.78 is 0. The molecule has 1 rings (SSSR count). The maximum absolute atomic E-state index is 11.3. The molecule has 0 atom stereocenters. The Morgan fingerprint density at radius 2 is 2.23 bits per heavy atom. The topological polar surface area (TPSA) is 52.9 Å². The van der Waals surface area contributed by atoms with Gasteiger partial charge in [-0.05, 0) is 31.9 Å². The van der Waals surface area contributed by atoms with E-state index in [1.165, 1.54) is 11.8 Å². The first-order valence-corrected chi connectivity index (χ1v) is 5.83. The van der Waals surface area contributed by atoms with Crippen molar-refractivity contribution in [2.45, 2.75) is 31.2 Å². The molecule has 0 aliphatic heterocycles. The van der Waals surface area contributed by atoms with Gasteiger partial charge in [0, 0.05) is 0 Å². The summed E-state index contributed by atoms with van der Waals surface area (Å²) in [5.74, 6) is 0.430. The van der Waals surface area contributed by atoms with Crippen molar-refractivity contribution in [3.05, 3.63) is 0 Å². The number of nitriles is 1. The predicted octanol–water partition coefficient (Wildman–Crippen LogP) is 1.30. The van der Waals surface area contributed by atoms with Crippen molar-refractivity contribution in [2.75, 3.05) is 12.0 Å². The highest BCUT2D eigenvalue weighted by Gasteiger charge is 2.34. The molecular formula is C9H14N2OS. The molecule has 0 bridgehead atoms. The maximum atomic E-state index is 11.3. The lowest BCUT2D eigenvalue weighted by atomic mass is 10.0. The number of hydrogen-bond donors (Lipinski definition) is 1. The minimum atomic E-state index is -0.549. The molecule has 0 radical (unpaired) electrons. The SMILES string of the molecule is CSCC(=O)NC1(C#N)CCCC1. The average Bonchev–Trinajstić information content (AvgIpc) is 2.54. The summed E-state index contributed by atoms with van der Waals surface area (Å²) in [4.78, 5) is 11.3. The van der Waals surface area contributed by atoms with Crippen molar-refractivity contribution in [1.29, 1.82) is 5.26 Å². The average molecular weight is 198 g/mol. The van der Waals surface area contributed by atoms with Gasteiger partial charge in [-0.25, -0.2) is 0 Å². The summed E-state index contributed by atoms with van der Waals surface area (Å²) in [5, 5.41) is 11.8. The fraction of sp³-hybridized carbons (Fsp3) is 0.778. The van der Waals surface area contributed by atoms with Crippen LogP contribution in [0, 0.1) is 11.3 Å². The van der Waals surface area contributed by atoms with Crippen LogP contribution in [-0.4, -0.2) is 23.5 Å². The Labute approximate surface area is 82.9 Å². The van der Waals surface area contributed by atoms with Gasteiger partial charge in [-0.3, -0.25) is 4.79 Å². The number of thioether (sulfide) groups is 1. The van der Waals surface area contributed by atoms with E-state index in [4.69, 9.17) is 5.26 Å². The second kappa shape index (κ2) is 4.52. The van der Waals surface area contributed by atoms with Crippen molar-refractivity contribution in [1.82, 2.24) is 5.32 Å². The Kier molecular flexibility index (Phi) is 3.61. The molecule has 72 valence electrons. The Balaban J connectivity index is 2.49. The standard InChI is InChI=1S/C9H14N2OS/c1-13-6-8(12)11-9(7-10)4-2-3-5-9/h2-6H2,1H3,(H,11,12). The molecule has 1 N–H and O–H groups in total. The summed E-state index contributed by atoms with van der Waals surface area (Å²) in [5.41, 5.74) is -0.549. The number of nitrogens with one attached hydrogen (secondary N) is 1. The molecule has 1 amide bonds. The highest BCUT2D eigenvalue weighted by molar-refractivity contribution is 7.99. The van der Waals surface area contributed by atoms with Crippen molar-refractivity contribution >= 4 is 17.7 Å². The lowest BCUT2D eigenvalue weighted by Gasteiger charge is -2.21. The molecule has 4 heteroatoms. The van der Waals surface area contributed by atoms with Crippen molar-refractivity contribution in [3.8, 4) is 6.07 Å². The van der Waals surface area contributed by atoms with Crippen LogP contribution in [0.2, 0.25) is 0 Å². The van der Waals surface area contributed by atoms with Gasteiger partial charge in [0.25, 0.3) is 0 Å². The monoisotopic (exact) mass is 198 g/mol. The molecule has 0 saturated heterocycles. The summed E-state index contributed by atoms with van der Waals surface area (Å²) >= 11 is 1.48. The van der Waals surface area contributed by atoms with Gasteiger partial charge in [-0.1, -0.05) is 0 Å². The Morgan fingerprint density at radius 1 is 1.62 bits per heavy atom. The van der Waals surface area contributed by atoms with Crippen LogP contribution >= 0.6 is 11.8 Å². The van der Waals surface area contributed by atoms with E-state index >= 15 is 0 Å². The third kappa shape index (κ3) is 2.63. The predicted molar refractivity (Wildman–Crippen MR) is 53.3 cm³/mol. The molecule has 0 unspecified atom stereocenters. The lowest BCUT2D eigenvalue weighted by molar-refractivity contribution is -0.119. The van der Waals surface area contributed by atoms with Crippen LogP contribution in [0.15, 0.2) is 0 Å². The highest BCUT2D eigenvalue weighted by atomic mass is 32.2. The van der Waals surface area contributed by atoms with Gasteiger partial charge in [0.15, 0.2) is 0 Å². The van der Waals surface area contributed by atoms with Crippen molar-refractivity contribution in [2.24, 2.45) is 0 Å². The minimum absolute atomic E-state index is 0.0176. The van der Waals surface area contributed by atoms with Gasteiger partial charge in [0.1, 0.15) is 5.54 Å². The molecule has 3 nitrogen and oxygen atoms in total. The molecule has 1 fully saturated rings. The largest absolute Gasteiger partial charge is 0.337 e. The highest BCUT2D eigenvalue weighted by Crippen LogP contribution is 2.28. The molecule has 0 aromatic carbocycles. The third-order valence-electron chi connectivity index (χ3n) is 2.33. The molecule has 0 aromatic heterocycles. The maximum Gasteiger partial charge on any atom is 0.231 e. The van der Waals surface area contributed by atoms with Gasteiger partial charge < -0.3 is 5.32 Å². The van der Waals surface area contributed by atoms with Gasteiger partial charge in [-0.15, -0.1) is 0 Å². The zero-order chi connectivity index (χ0) is 9.73. The van der Waals surface area contributed by atoms with Crippen LogP contribution in [0.5, 0.6) is 0 Å². The Morgan fingerprint density at radius 3 is 2.69 bits per heavy atom. The molecule has 13 heavy (non-hydrogen) atoms. The van der Waals surface area contributed by atoms with E-state index in [1.54, 1.807) is 0 Å². The molecule has 0 heterocycles. The van der Waals surface area contributed by atoms with E-state index in [0.717, 1.165) is 25.7 Å². The summed E-state index contributed by atoms with van der Waals surface area (Å²) in [7, 11) is 0. The second-order valence-electron chi connectivity index (χ2n) is 3.38. The normalized spacial score (nSPS) is 19.4. The smallest absolute Gasteiger partial charge is 0.231 e. The first-order chi connectivity index (χ1) is 6.22. The van der Waals surface area contributed by atoms with Crippen LogP contribution in [-0.2, 0) is 4.79 Å². The van der Waals surface area contributed by atoms with E-state index in [9.17, 15) is 4.79 Å². The number of amides is 1. The third-order valence-corrected chi connectivity index (χ3v) is 2.88. The zero-order valence-corrected chi connectivity index (χ0v) is 8.62. The van der Waals surface area contributed by atoms with E-state index in [-0.39, 0.29) is 5.91 Å².